The van der Waals surface area contributed by atoms with E-state index < -0.39 is 5.60 Å². The van der Waals surface area contributed by atoms with E-state index in [-0.39, 0.29) is 33.5 Å². The topological polar surface area (TPSA) is 43.7 Å². The monoisotopic (exact) mass is 333 g/mol. The van der Waals surface area contributed by atoms with Crippen LogP contribution in [0, 0.1) is 0 Å². The van der Waals surface area contributed by atoms with Crippen molar-refractivity contribution in [1.82, 2.24) is 4.90 Å². The summed E-state index contributed by atoms with van der Waals surface area (Å²) in [6, 6.07) is 0. The van der Waals surface area contributed by atoms with Gasteiger partial charge in [-0.15, -0.1) is 0 Å². The second-order valence-electron chi connectivity index (χ2n) is 6.90. The highest BCUT2D eigenvalue weighted by Crippen LogP contribution is 2.39. The van der Waals surface area contributed by atoms with E-state index in [0.717, 1.165) is 19.3 Å². The first-order chi connectivity index (χ1) is 11.7. The Bertz CT molecular complexity index is 558. The van der Waals surface area contributed by atoms with Crippen molar-refractivity contribution in [3.63, 3.8) is 0 Å². The minimum atomic E-state index is -0.902. The van der Waals surface area contributed by atoms with Crippen LogP contribution in [0.4, 0.5) is 0 Å². The second kappa shape index (κ2) is 9.23. The highest BCUT2D eigenvalue weighted by molar-refractivity contribution is 6.58. The molecule has 1 aromatic carbocycles. The van der Waals surface area contributed by atoms with E-state index in [1.165, 1.54) is 0 Å². The fourth-order valence-electron chi connectivity index (χ4n) is 3.62. The molecular formula is C18H27B4NO2. The summed E-state index contributed by atoms with van der Waals surface area (Å²) in [5, 5.41) is 21.2. The van der Waals surface area contributed by atoms with Gasteiger partial charge in [0.1, 0.15) is 31.4 Å². The average molecular weight is 333 g/mol. The molecule has 1 aliphatic carbocycles. The predicted octanol–water partition coefficient (Wildman–Crippen LogP) is -1.07. The van der Waals surface area contributed by atoms with Crippen LogP contribution in [0.2, 0.25) is 0 Å². The second-order valence-corrected chi connectivity index (χ2v) is 6.90. The van der Waals surface area contributed by atoms with Crippen molar-refractivity contribution in [1.29, 1.82) is 0 Å². The molecule has 0 bridgehead atoms. The van der Waals surface area contributed by atoms with Gasteiger partial charge in [-0.3, -0.25) is 0 Å². The van der Waals surface area contributed by atoms with Crippen LogP contribution in [0.1, 0.15) is 57.4 Å². The fraction of sp³-hybridized carbons (Fsp3) is 0.667. The Balaban J connectivity index is 0.00000151. The van der Waals surface area contributed by atoms with Crippen molar-refractivity contribution in [2.75, 3.05) is 20.6 Å². The van der Waals surface area contributed by atoms with Crippen molar-refractivity contribution in [2.24, 2.45) is 0 Å². The molecule has 0 saturated heterocycles. The molecule has 8 radical (unpaired) electrons. The van der Waals surface area contributed by atoms with E-state index in [0.29, 0.717) is 24.9 Å². The maximum Gasteiger partial charge on any atom is 0.118 e. The lowest BCUT2D eigenvalue weighted by molar-refractivity contribution is -0.0272. The van der Waals surface area contributed by atoms with Gasteiger partial charge in [0, 0.05) is 12.5 Å². The molecule has 1 fully saturated rings. The van der Waals surface area contributed by atoms with Gasteiger partial charge in [-0.2, -0.15) is 0 Å². The van der Waals surface area contributed by atoms with Gasteiger partial charge >= 0.3 is 0 Å². The normalized spacial score (nSPS) is 17.7. The highest BCUT2D eigenvalue weighted by Gasteiger charge is 2.40. The van der Waals surface area contributed by atoms with Crippen molar-refractivity contribution in [3.05, 3.63) is 5.56 Å². The quantitative estimate of drug-likeness (QED) is 0.691. The molecule has 0 aliphatic heterocycles. The minimum absolute atomic E-state index is 0.0230. The van der Waals surface area contributed by atoms with Crippen LogP contribution in [0.5, 0.6) is 5.75 Å². The zero-order valence-electron chi connectivity index (χ0n) is 16.0. The fourth-order valence-corrected chi connectivity index (χ4v) is 3.62. The van der Waals surface area contributed by atoms with E-state index in [9.17, 15) is 10.2 Å². The number of benzene rings is 1. The van der Waals surface area contributed by atoms with Crippen molar-refractivity contribution in [2.45, 2.75) is 57.5 Å². The van der Waals surface area contributed by atoms with Gasteiger partial charge in [-0.25, -0.2) is 0 Å². The third-order valence-electron chi connectivity index (χ3n) is 4.94. The zero-order chi connectivity index (χ0) is 19.4. The van der Waals surface area contributed by atoms with Gasteiger partial charge in [0.05, 0.1) is 11.4 Å². The van der Waals surface area contributed by atoms with Gasteiger partial charge in [0.25, 0.3) is 0 Å². The molecule has 0 spiro atoms. The lowest BCUT2D eigenvalue weighted by Gasteiger charge is -2.43. The largest absolute Gasteiger partial charge is 0.509 e. The Morgan fingerprint density at radius 2 is 1.36 bits per heavy atom. The molecule has 0 amide bonds. The van der Waals surface area contributed by atoms with E-state index >= 15 is 0 Å². The molecular weight excluding hydrogens is 305 g/mol. The molecule has 25 heavy (non-hydrogen) atoms. The maximum atomic E-state index is 11.3. The number of likely N-dealkylation sites (N-methyl/N-ethyl adjacent to an activating group) is 1. The number of nitrogens with zero attached hydrogens (tertiary/aromatic N) is 1. The molecule has 2 rings (SSSR count). The number of aliphatic hydroxyl groups is 1. The average Bonchev–Trinajstić information content (AvgIpc) is 2.59. The summed E-state index contributed by atoms with van der Waals surface area (Å²) < 4.78 is 0. The van der Waals surface area contributed by atoms with E-state index in [4.69, 9.17) is 31.4 Å². The molecule has 1 atom stereocenters. The van der Waals surface area contributed by atoms with Crippen LogP contribution in [-0.4, -0.2) is 72.7 Å². The van der Waals surface area contributed by atoms with Crippen LogP contribution >= 0.6 is 0 Å². The van der Waals surface area contributed by atoms with Crippen LogP contribution in [0.25, 0.3) is 0 Å². The number of aromatic hydroxyl groups is 1. The van der Waals surface area contributed by atoms with Gasteiger partial charge in [-0.1, -0.05) is 60.5 Å². The van der Waals surface area contributed by atoms with E-state index in [1.807, 2.05) is 32.8 Å². The summed E-state index contributed by atoms with van der Waals surface area (Å²) >= 11 is 0. The van der Waals surface area contributed by atoms with E-state index in [2.05, 4.69) is 0 Å². The molecule has 0 heterocycles. The molecule has 1 unspecified atom stereocenters. The minimum Gasteiger partial charge on any atom is -0.509 e. The van der Waals surface area contributed by atoms with Gasteiger partial charge in [0.15, 0.2) is 0 Å². The van der Waals surface area contributed by atoms with Gasteiger partial charge in [0.2, 0.25) is 0 Å². The number of hydrogen-bond acceptors (Lipinski definition) is 3. The van der Waals surface area contributed by atoms with Crippen LogP contribution in [0.15, 0.2) is 0 Å². The number of rotatable bonds is 4. The Hall–Kier alpha value is -0.800. The summed E-state index contributed by atoms with van der Waals surface area (Å²) in [5.74, 6) is -0.606. The maximum absolute atomic E-state index is 11.3. The lowest BCUT2D eigenvalue weighted by Crippen LogP contribution is -2.52. The summed E-state index contributed by atoms with van der Waals surface area (Å²) in [6.07, 6.45) is 4.41. The van der Waals surface area contributed by atoms with Crippen LogP contribution < -0.4 is 21.9 Å². The summed E-state index contributed by atoms with van der Waals surface area (Å²) in [4.78, 5) is 1.98. The van der Waals surface area contributed by atoms with E-state index in [1.54, 1.807) is 0 Å². The smallest absolute Gasteiger partial charge is 0.118 e. The molecule has 1 aromatic rings. The number of phenolic OH excluding ortho intramolecular Hbond substituents is 1. The Morgan fingerprint density at radius 3 is 1.76 bits per heavy atom. The summed E-state index contributed by atoms with van der Waals surface area (Å²) in [6.45, 7) is 4.56. The SMILES string of the molecule is CC.[B]c1c([B])c(C(CN(C)C)C2(O)CCCCC2)c([B])c([B])c1O. The highest BCUT2D eigenvalue weighted by atomic mass is 16.3. The van der Waals surface area contributed by atoms with Crippen molar-refractivity contribution in [3.8, 4) is 5.75 Å². The summed E-state index contributed by atoms with van der Waals surface area (Å²) in [5.41, 5.74) is 0.112. The standard InChI is InChI=1S/C16H21B4NO2.C2H6/c1-21(2)8-9(16(23)6-4-3-5-7-16)10-11(17)13(19)15(22)14(20)12(10)18;1-2/h9,22-23H,3-8H2,1-2H3;1-2H3. The zero-order valence-corrected chi connectivity index (χ0v) is 16.0. The molecule has 1 aliphatic rings. The third kappa shape index (κ3) is 4.68. The Morgan fingerprint density at radius 1 is 0.920 bits per heavy atom. The molecule has 2 N–H and O–H groups in total. The Labute approximate surface area is 158 Å². The van der Waals surface area contributed by atoms with Crippen LogP contribution in [0.3, 0.4) is 0 Å². The first-order valence-electron chi connectivity index (χ1n) is 9.01. The molecule has 7 heteroatoms. The number of hydrogen-bond donors (Lipinski definition) is 2. The first-order valence-corrected chi connectivity index (χ1v) is 9.01. The van der Waals surface area contributed by atoms with Crippen LogP contribution in [-0.2, 0) is 0 Å². The van der Waals surface area contributed by atoms with Crippen molar-refractivity contribution >= 4 is 53.2 Å². The molecule has 3 nitrogen and oxygen atoms in total. The third-order valence-corrected chi connectivity index (χ3v) is 4.94. The predicted molar refractivity (Wildman–Crippen MR) is 110 cm³/mol. The molecule has 0 aromatic heterocycles. The van der Waals surface area contributed by atoms with Gasteiger partial charge < -0.3 is 15.1 Å². The Kier molecular flexibility index (Phi) is 8.21. The lowest BCUT2D eigenvalue weighted by atomic mass is 9.60. The number of phenols is 1. The van der Waals surface area contributed by atoms with Crippen molar-refractivity contribution < 1.29 is 10.2 Å². The summed E-state index contributed by atoms with van der Waals surface area (Å²) in [7, 11) is 27.9. The molecule has 128 valence electrons. The van der Waals surface area contributed by atoms with Gasteiger partial charge in [-0.05, 0) is 26.9 Å². The molecule has 1 saturated carbocycles. The first kappa shape index (κ1) is 22.2.